The van der Waals surface area contributed by atoms with E-state index in [-0.39, 0.29) is 17.9 Å². The van der Waals surface area contributed by atoms with Crippen LogP contribution in [0.25, 0.3) is 0 Å². The highest BCUT2D eigenvalue weighted by atomic mass is 35.5. The van der Waals surface area contributed by atoms with E-state index in [1.807, 2.05) is 18.2 Å². The van der Waals surface area contributed by atoms with Crippen LogP contribution in [-0.2, 0) is 9.59 Å². The van der Waals surface area contributed by atoms with Gasteiger partial charge in [-0.05, 0) is 42.8 Å². The first-order valence-electron chi connectivity index (χ1n) is 9.80. The van der Waals surface area contributed by atoms with Gasteiger partial charge in [0.1, 0.15) is 0 Å². The third-order valence-electron chi connectivity index (χ3n) is 5.17. The van der Waals surface area contributed by atoms with Gasteiger partial charge in [0.2, 0.25) is 11.8 Å². The van der Waals surface area contributed by atoms with Crippen LogP contribution >= 0.6 is 11.6 Å². The highest BCUT2D eigenvalue weighted by molar-refractivity contribution is 6.31. The van der Waals surface area contributed by atoms with Gasteiger partial charge in [-0.1, -0.05) is 29.8 Å². The summed E-state index contributed by atoms with van der Waals surface area (Å²) in [5.74, 6) is -0.158. The molecule has 1 heterocycles. The van der Waals surface area contributed by atoms with Crippen molar-refractivity contribution in [3.05, 3.63) is 59.1 Å². The lowest BCUT2D eigenvalue weighted by atomic mass is 10.1. The molecule has 0 aliphatic carbocycles. The maximum atomic E-state index is 12.4. The normalized spacial score (nSPS) is 16.2. The molecular weight excluding hydrogens is 388 g/mol. The Balaban J connectivity index is 1.46. The van der Waals surface area contributed by atoms with Crippen LogP contribution in [0, 0.1) is 0 Å². The van der Waals surface area contributed by atoms with Gasteiger partial charge in [0.15, 0.2) is 0 Å². The van der Waals surface area contributed by atoms with E-state index in [1.165, 1.54) is 6.92 Å². The summed E-state index contributed by atoms with van der Waals surface area (Å²) in [6.45, 7) is 7.46. The molecule has 1 atom stereocenters. The fourth-order valence-electron chi connectivity index (χ4n) is 3.56. The number of anilines is 2. The van der Waals surface area contributed by atoms with Crippen molar-refractivity contribution in [1.82, 2.24) is 9.80 Å². The number of benzene rings is 2. The monoisotopic (exact) mass is 414 g/mol. The maximum absolute atomic E-state index is 12.4. The summed E-state index contributed by atoms with van der Waals surface area (Å²) in [4.78, 5) is 28.0. The lowest BCUT2D eigenvalue weighted by Crippen LogP contribution is -2.49. The van der Waals surface area contributed by atoms with E-state index in [0.29, 0.717) is 12.2 Å². The van der Waals surface area contributed by atoms with Gasteiger partial charge in [-0.2, -0.15) is 0 Å². The number of amides is 2. The van der Waals surface area contributed by atoms with E-state index >= 15 is 0 Å². The Morgan fingerprint density at radius 3 is 2.14 bits per heavy atom. The molecule has 0 saturated carbocycles. The van der Waals surface area contributed by atoms with Crippen LogP contribution in [0.15, 0.2) is 48.5 Å². The molecule has 1 unspecified atom stereocenters. The molecule has 0 radical (unpaired) electrons. The van der Waals surface area contributed by atoms with E-state index in [9.17, 15) is 9.59 Å². The molecule has 0 spiro atoms. The molecule has 0 bridgehead atoms. The van der Waals surface area contributed by atoms with Crippen LogP contribution in [-0.4, -0.2) is 54.3 Å². The van der Waals surface area contributed by atoms with Crippen molar-refractivity contribution in [3.63, 3.8) is 0 Å². The highest BCUT2D eigenvalue weighted by Gasteiger charge is 2.24. The third kappa shape index (κ3) is 6.03. The number of halogens is 1. The lowest BCUT2D eigenvalue weighted by Gasteiger charge is -2.38. The lowest BCUT2D eigenvalue weighted by molar-refractivity contribution is -0.118. The van der Waals surface area contributed by atoms with Crippen LogP contribution in [0.5, 0.6) is 0 Å². The van der Waals surface area contributed by atoms with Crippen molar-refractivity contribution in [1.29, 1.82) is 0 Å². The SMILES string of the molecule is CC(=O)Nc1ccc(NC(=O)CN2CCN(C(C)c3ccccc3Cl)CC2)cc1. The van der Waals surface area contributed by atoms with Gasteiger partial charge >= 0.3 is 0 Å². The molecule has 154 valence electrons. The number of rotatable bonds is 6. The van der Waals surface area contributed by atoms with E-state index in [4.69, 9.17) is 11.6 Å². The Kier molecular flexibility index (Phi) is 7.25. The number of nitrogens with zero attached hydrogens (tertiary/aromatic N) is 2. The Hall–Kier alpha value is -2.41. The summed E-state index contributed by atoms with van der Waals surface area (Å²) in [7, 11) is 0. The van der Waals surface area contributed by atoms with Gasteiger partial charge in [-0.3, -0.25) is 19.4 Å². The minimum atomic E-state index is -0.121. The van der Waals surface area contributed by atoms with Crippen LogP contribution < -0.4 is 10.6 Å². The summed E-state index contributed by atoms with van der Waals surface area (Å²) >= 11 is 6.34. The van der Waals surface area contributed by atoms with Gasteiger partial charge in [0.25, 0.3) is 0 Å². The average molecular weight is 415 g/mol. The molecule has 2 amide bonds. The van der Waals surface area contributed by atoms with Gasteiger partial charge in [0.05, 0.1) is 6.54 Å². The van der Waals surface area contributed by atoms with E-state index in [1.54, 1.807) is 24.3 Å². The summed E-state index contributed by atoms with van der Waals surface area (Å²) in [6.07, 6.45) is 0. The van der Waals surface area contributed by atoms with Crippen molar-refractivity contribution < 1.29 is 9.59 Å². The molecule has 0 aromatic heterocycles. The molecule has 1 aliphatic rings. The summed E-state index contributed by atoms with van der Waals surface area (Å²) in [6, 6.07) is 15.3. The number of carbonyl (C=O) groups excluding carboxylic acids is 2. The predicted octanol–water partition coefficient (Wildman–Crippen LogP) is 3.62. The first kappa shape index (κ1) is 21.3. The summed E-state index contributed by atoms with van der Waals surface area (Å²) in [5.41, 5.74) is 2.57. The Bertz CT molecular complexity index is 848. The number of carbonyl (C=O) groups is 2. The number of hydrogen-bond donors (Lipinski definition) is 2. The molecule has 7 heteroatoms. The first-order chi connectivity index (χ1) is 13.9. The molecule has 1 saturated heterocycles. The van der Waals surface area contributed by atoms with Gasteiger partial charge in [0, 0.05) is 55.5 Å². The molecule has 2 N–H and O–H groups in total. The number of nitrogens with one attached hydrogen (secondary N) is 2. The van der Waals surface area contributed by atoms with Gasteiger partial charge in [-0.15, -0.1) is 0 Å². The Labute approximate surface area is 176 Å². The molecule has 2 aromatic carbocycles. The molecule has 2 aromatic rings. The predicted molar refractivity (Wildman–Crippen MR) is 117 cm³/mol. The molecule has 1 aliphatic heterocycles. The van der Waals surface area contributed by atoms with Crippen LogP contribution in [0.3, 0.4) is 0 Å². The van der Waals surface area contributed by atoms with Crippen molar-refractivity contribution in [2.75, 3.05) is 43.4 Å². The second kappa shape index (κ2) is 9.87. The second-order valence-corrected chi connectivity index (χ2v) is 7.72. The zero-order chi connectivity index (χ0) is 20.8. The molecule has 6 nitrogen and oxygen atoms in total. The minimum Gasteiger partial charge on any atom is -0.326 e. The number of piperazine rings is 1. The average Bonchev–Trinajstić information content (AvgIpc) is 2.69. The first-order valence-corrected chi connectivity index (χ1v) is 10.2. The van der Waals surface area contributed by atoms with Crippen LogP contribution in [0.2, 0.25) is 5.02 Å². The van der Waals surface area contributed by atoms with Crippen molar-refractivity contribution in [3.8, 4) is 0 Å². The highest BCUT2D eigenvalue weighted by Crippen LogP contribution is 2.27. The quantitative estimate of drug-likeness (QED) is 0.757. The van der Waals surface area contributed by atoms with Gasteiger partial charge < -0.3 is 10.6 Å². The summed E-state index contributed by atoms with van der Waals surface area (Å²) in [5, 5.41) is 6.42. The third-order valence-corrected chi connectivity index (χ3v) is 5.51. The minimum absolute atomic E-state index is 0.0371. The topological polar surface area (TPSA) is 64.7 Å². The zero-order valence-electron chi connectivity index (χ0n) is 16.8. The Morgan fingerprint density at radius 2 is 1.55 bits per heavy atom. The Morgan fingerprint density at radius 1 is 0.966 bits per heavy atom. The second-order valence-electron chi connectivity index (χ2n) is 7.32. The van der Waals surface area contributed by atoms with E-state index in [2.05, 4.69) is 33.4 Å². The smallest absolute Gasteiger partial charge is 0.238 e. The van der Waals surface area contributed by atoms with Crippen molar-refractivity contribution in [2.45, 2.75) is 19.9 Å². The van der Waals surface area contributed by atoms with Gasteiger partial charge in [-0.25, -0.2) is 0 Å². The zero-order valence-corrected chi connectivity index (χ0v) is 17.6. The fourth-order valence-corrected chi connectivity index (χ4v) is 3.86. The van der Waals surface area contributed by atoms with Crippen LogP contribution in [0.4, 0.5) is 11.4 Å². The number of hydrogen-bond acceptors (Lipinski definition) is 4. The molecular formula is C22H27ClN4O2. The standard InChI is InChI=1S/C22H27ClN4O2/c1-16(20-5-3-4-6-21(20)23)27-13-11-26(12-14-27)15-22(29)25-19-9-7-18(8-10-19)24-17(2)28/h3-10,16H,11-15H2,1-2H3,(H,24,28)(H,25,29). The maximum Gasteiger partial charge on any atom is 0.238 e. The fraction of sp³-hybridized carbons (Fsp3) is 0.364. The van der Waals surface area contributed by atoms with Crippen molar-refractivity contribution in [2.24, 2.45) is 0 Å². The largest absolute Gasteiger partial charge is 0.326 e. The molecule has 1 fully saturated rings. The van der Waals surface area contributed by atoms with E-state index < -0.39 is 0 Å². The molecule has 3 rings (SSSR count). The summed E-state index contributed by atoms with van der Waals surface area (Å²) < 4.78 is 0. The van der Waals surface area contributed by atoms with Crippen molar-refractivity contribution >= 4 is 34.8 Å². The molecule has 29 heavy (non-hydrogen) atoms. The van der Waals surface area contributed by atoms with E-state index in [0.717, 1.165) is 42.5 Å². The van der Waals surface area contributed by atoms with Crippen LogP contribution in [0.1, 0.15) is 25.5 Å².